The van der Waals surface area contributed by atoms with E-state index in [1.54, 1.807) is 42.5 Å². The zero-order valence-electron chi connectivity index (χ0n) is 25.0. The monoisotopic (exact) mass is 575 g/mol. The lowest BCUT2D eigenvalue weighted by atomic mass is 9.77. The van der Waals surface area contributed by atoms with Gasteiger partial charge in [0.25, 0.3) is 0 Å². The van der Waals surface area contributed by atoms with Crippen LogP contribution in [0, 0.1) is 31.1 Å². The molecule has 0 fully saturated rings. The van der Waals surface area contributed by atoms with Crippen LogP contribution in [0.2, 0.25) is 0 Å². The molecule has 1 aromatic heterocycles. The van der Waals surface area contributed by atoms with Gasteiger partial charge in [0.05, 0.1) is 31.2 Å². The number of ether oxygens (including phenoxy) is 2. The van der Waals surface area contributed by atoms with Crippen molar-refractivity contribution >= 4 is 16.8 Å². The van der Waals surface area contributed by atoms with Gasteiger partial charge in [-0.1, -0.05) is 44.2 Å². The maximum Gasteiger partial charge on any atom is 0.343 e. The van der Waals surface area contributed by atoms with Crippen LogP contribution in [-0.2, 0) is 0 Å². The van der Waals surface area contributed by atoms with Gasteiger partial charge in [0.2, 0.25) is 0 Å². The van der Waals surface area contributed by atoms with E-state index in [1.807, 2.05) is 19.9 Å². The molecule has 1 heterocycles. The van der Waals surface area contributed by atoms with E-state index in [-0.39, 0.29) is 28.2 Å². The van der Waals surface area contributed by atoms with Crippen LogP contribution in [0.5, 0.6) is 17.2 Å². The summed E-state index contributed by atoms with van der Waals surface area (Å²) >= 11 is 0. The summed E-state index contributed by atoms with van der Waals surface area (Å²) in [5.41, 5.74) is 4.64. The van der Waals surface area contributed by atoms with Crippen molar-refractivity contribution in [2.45, 2.75) is 39.5 Å². The van der Waals surface area contributed by atoms with E-state index >= 15 is 0 Å². The Labute approximate surface area is 250 Å². The highest BCUT2D eigenvalue weighted by atomic mass is 16.5. The molecule has 2 aromatic carbocycles. The van der Waals surface area contributed by atoms with Gasteiger partial charge in [0, 0.05) is 17.5 Å². The Morgan fingerprint density at radius 3 is 2.16 bits per heavy atom. The lowest BCUT2D eigenvalue weighted by Crippen LogP contribution is -2.26. The quantitative estimate of drug-likeness (QED) is 0.151. The molecule has 0 aliphatic heterocycles. The van der Waals surface area contributed by atoms with E-state index in [4.69, 9.17) is 13.9 Å². The Morgan fingerprint density at radius 1 is 0.884 bits per heavy atom. The number of nitrogens with zero attached hydrogens (tertiary/aromatic N) is 1. The van der Waals surface area contributed by atoms with Gasteiger partial charge in [-0.3, -0.25) is 4.79 Å². The summed E-state index contributed by atoms with van der Waals surface area (Å²) in [5, 5.41) is 22.4. The van der Waals surface area contributed by atoms with Gasteiger partial charge in [-0.15, -0.1) is 0 Å². The number of carbonyl (C=O) groups excluding carboxylic acids is 1. The standard InChI is InChI=1S/C36H33NO6/c1-19(2)23-9-13-26-20(3)16-28(31(26)21(4)15-23)34(38)29(18-37)32(22-7-10-24(41-5)11-8-22)33-35(39)27-14-12-25(42-6)17-30(27)43-36(33)40/h7-17,19,29,32,39H,1-6H3. The molecule has 0 radical (unpaired) electrons. The van der Waals surface area contributed by atoms with Crippen LogP contribution in [0.1, 0.15) is 63.9 Å². The van der Waals surface area contributed by atoms with E-state index in [2.05, 4.69) is 32.0 Å². The molecule has 0 saturated carbocycles. The van der Waals surface area contributed by atoms with Gasteiger partial charge in [0.15, 0.2) is 5.78 Å². The summed E-state index contributed by atoms with van der Waals surface area (Å²) in [4.78, 5) is 28.1. The lowest BCUT2D eigenvalue weighted by molar-refractivity contribution is 0.0940. The van der Waals surface area contributed by atoms with Gasteiger partial charge in [-0.2, -0.15) is 5.26 Å². The number of ketones is 1. The predicted octanol–water partition coefficient (Wildman–Crippen LogP) is 7.52. The third-order valence-corrected chi connectivity index (χ3v) is 8.14. The maximum absolute atomic E-state index is 14.5. The van der Waals surface area contributed by atoms with E-state index in [1.165, 1.54) is 20.3 Å². The van der Waals surface area contributed by atoms with E-state index in [0.717, 1.165) is 27.8 Å². The molecular formula is C36H33NO6. The van der Waals surface area contributed by atoms with Crippen LogP contribution in [0.4, 0.5) is 0 Å². The molecule has 2 aliphatic carbocycles. The highest BCUT2D eigenvalue weighted by Gasteiger charge is 2.38. The fourth-order valence-corrected chi connectivity index (χ4v) is 5.82. The molecule has 2 unspecified atom stereocenters. The van der Waals surface area contributed by atoms with E-state index < -0.39 is 23.2 Å². The maximum atomic E-state index is 14.5. The first-order chi connectivity index (χ1) is 20.6. The Morgan fingerprint density at radius 2 is 1.53 bits per heavy atom. The summed E-state index contributed by atoms with van der Waals surface area (Å²) in [6.07, 6.45) is 0. The normalized spacial score (nSPS) is 12.7. The second-order valence-electron chi connectivity index (χ2n) is 11.1. The second kappa shape index (κ2) is 11.7. The Hall–Kier alpha value is -5.09. The van der Waals surface area contributed by atoms with Crippen molar-refractivity contribution in [2.24, 2.45) is 5.92 Å². The molecule has 0 spiro atoms. The van der Waals surface area contributed by atoms with E-state index in [9.17, 15) is 20.0 Å². The van der Waals surface area contributed by atoms with Crippen LogP contribution in [0.15, 0.2) is 75.9 Å². The van der Waals surface area contributed by atoms with Gasteiger partial charge in [-0.05, 0) is 83.5 Å². The van der Waals surface area contributed by atoms with E-state index in [0.29, 0.717) is 22.6 Å². The van der Waals surface area contributed by atoms with Gasteiger partial charge in [-0.25, -0.2) is 4.79 Å². The van der Waals surface area contributed by atoms with Crippen molar-refractivity contribution in [3.8, 4) is 34.4 Å². The van der Waals surface area contributed by atoms with Crippen molar-refractivity contribution in [1.29, 1.82) is 5.26 Å². The van der Waals surface area contributed by atoms with Crippen molar-refractivity contribution in [3.63, 3.8) is 0 Å². The summed E-state index contributed by atoms with van der Waals surface area (Å²) < 4.78 is 16.2. The van der Waals surface area contributed by atoms with Gasteiger partial charge in [0.1, 0.15) is 28.7 Å². The van der Waals surface area contributed by atoms with Crippen molar-refractivity contribution in [3.05, 3.63) is 111 Å². The lowest BCUT2D eigenvalue weighted by Gasteiger charge is -2.23. The van der Waals surface area contributed by atoms with Crippen LogP contribution < -0.4 is 15.1 Å². The number of aryl methyl sites for hydroxylation is 2. The number of carbonyl (C=O) groups is 1. The minimum atomic E-state index is -1.36. The fourth-order valence-electron chi connectivity index (χ4n) is 5.82. The molecule has 2 aliphatic rings. The molecule has 0 bridgehead atoms. The number of Topliss-reactive ketones (excluding diaryl/α,β-unsaturated/α-hetero) is 1. The number of benzene rings is 2. The molecule has 0 saturated heterocycles. The second-order valence-corrected chi connectivity index (χ2v) is 11.1. The molecule has 43 heavy (non-hydrogen) atoms. The third kappa shape index (κ3) is 5.21. The van der Waals surface area contributed by atoms with Gasteiger partial charge < -0.3 is 19.0 Å². The van der Waals surface area contributed by atoms with Gasteiger partial charge >= 0.3 is 5.63 Å². The fraction of sp³-hybridized carbons (Fsp3) is 0.250. The van der Waals surface area contributed by atoms with Crippen molar-refractivity contribution in [1.82, 2.24) is 0 Å². The molecule has 5 rings (SSSR count). The van der Waals surface area contributed by atoms with Crippen molar-refractivity contribution < 1.29 is 23.8 Å². The Balaban J connectivity index is 1.75. The number of aromatic hydroxyl groups is 1. The summed E-state index contributed by atoms with van der Waals surface area (Å²) in [6, 6.07) is 21.6. The zero-order valence-corrected chi connectivity index (χ0v) is 25.0. The van der Waals surface area contributed by atoms with Crippen LogP contribution in [0.3, 0.4) is 0 Å². The smallest absolute Gasteiger partial charge is 0.343 e. The molecule has 218 valence electrons. The molecular weight excluding hydrogens is 542 g/mol. The van der Waals surface area contributed by atoms with Crippen LogP contribution >= 0.6 is 0 Å². The zero-order chi connectivity index (χ0) is 31.0. The first-order valence-electron chi connectivity index (χ1n) is 14.0. The average Bonchev–Trinajstić information content (AvgIpc) is 3.22. The third-order valence-electron chi connectivity index (χ3n) is 8.14. The van der Waals surface area contributed by atoms with Crippen LogP contribution in [0.25, 0.3) is 22.1 Å². The molecule has 3 aromatic rings. The highest BCUT2D eigenvalue weighted by molar-refractivity contribution is 6.08. The summed E-state index contributed by atoms with van der Waals surface area (Å²) in [7, 11) is 3.01. The summed E-state index contributed by atoms with van der Waals surface area (Å²) in [5.74, 6) is -2.01. The Kier molecular flexibility index (Phi) is 7.97. The van der Waals surface area contributed by atoms with Crippen LogP contribution in [-0.4, -0.2) is 25.1 Å². The minimum Gasteiger partial charge on any atom is -0.507 e. The Bertz CT molecular complexity index is 1910. The summed E-state index contributed by atoms with van der Waals surface area (Å²) in [6.45, 7) is 8.13. The largest absolute Gasteiger partial charge is 0.507 e. The predicted molar refractivity (Wildman–Crippen MR) is 166 cm³/mol. The minimum absolute atomic E-state index is 0.126. The molecule has 7 heteroatoms. The first kappa shape index (κ1) is 29.4. The molecule has 7 nitrogen and oxygen atoms in total. The number of fused-ring (bicyclic) bond motifs is 2. The molecule has 1 N–H and O–H groups in total. The number of hydrogen-bond donors (Lipinski definition) is 1. The number of rotatable bonds is 8. The SMILES string of the molecule is COc1ccc(C(c2c(O)c3ccc(OC)cc3oc2=O)C(C#N)C(=O)c2cc(C)c3ccc(C(C)C)cc(C)c2-3)cc1. The topological polar surface area (TPSA) is 110 Å². The average molecular weight is 576 g/mol. The molecule has 0 amide bonds. The first-order valence-corrected chi connectivity index (χ1v) is 14.0. The molecule has 2 atom stereocenters. The highest BCUT2D eigenvalue weighted by Crippen LogP contribution is 2.43. The van der Waals surface area contributed by atoms with Crippen molar-refractivity contribution in [2.75, 3.05) is 14.2 Å². The number of hydrogen-bond acceptors (Lipinski definition) is 7. The number of nitriles is 1. The number of methoxy groups -OCH3 is 2.